The summed E-state index contributed by atoms with van der Waals surface area (Å²) >= 11 is 5.41. The lowest BCUT2D eigenvalue weighted by Crippen LogP contribution is -2.14. The van der Waals surface area contributed by atoms with E-state index in [0.29, 0.717) is 0 Å². The lowest BCUT2D eigenvalue weighted by molar-refractivity contribution is 0.866. The van der Waals surface area contributed by atoms with Crippen molar-refractivity contribution in [3.63, 3.8) is 0 Å². The zero-order valence-corrected chi connectivity index (χ0v) is 6.17. The summed E-state index contributed by atoms with van der Waals surface area (Å²) in [6, 6.07) is 0. The Morgan fingerprint density at radius 1 is 1.83 bits per heavy atom. The lowest BCUT2D eigenvalue weighted by Gasteiger charge is -1.89. The molecule has 0 heterocycles. The van der Waals surface area contributed by atoms with Crippen LogP contribution in [0.4, 0.5) is 0 Å². The van der Waals surface area contributed by atoms with Crippen LogP contribution in [-0.4, -0.2) is 15.5 Å². The third-order valence-electron chi connectivity index (χ3n) is 0.521. The highest BCUT2D eigenvalue weighted by Crippen LogP contribution is 1.67. The molecule has 0 amide bonds. The first-order valence-electron chi connectivity index (χ1n) is 2.18. The van der Waals surface area contributed by atoms with Crippen LogP contribution in [0.25, 0.3) is 0 Å². The molecule has 0 aromatic carbocycles. The van der Waals surface area contributed by atoms with Gasteiger partial charge < -0.3 is 4.98 Å². The fourth-order valence-electron chi connectivity index (χ4n) is 0.244. The normalized spacial score (nSPS) is 11.0. The van der Waals surface area contributed by atoms with Gasteiger partial charge in [0.1, 0.15) is 0 Å². The van der Waals surface area contributed by atoms with Crippen molar-refractivity contribution in [2.75, 3.05) is 6.54 Å². The van der Waals surface area contributed by atoms with E-state index < -0.39 is 0 Å². The van der Waals surface area contributed by atoms with Crippen LogP contribution in [0.15, 0.2) is 0 Å². The van der Waals surface area contributed by atoms with Gasteiger partial charge in [-0.2, -0.15) is 11.1 Å². The number of nitrogens with one attached hydrogen (secondary N) is 1. The molecule has 0 aliphatic carbocycles. The molecule has 6 heavy (non-hydrogen) atoms. The third kappa shape index (κ3) is 4.47. The van der Waals surface area contributed by atoms with Crippen LogP contribution >= 0.6 is 11.1 Å². The third-order valence-corrected chi connectivity index (χ3v) is 1.63. The summed E-state index contributed by atoms with van der Waals surface area (Å²) in [6.07, 6.45) is 1.19. The maximum Gasteiger partial charge on any atom is 0.195 e. The van der Waals surface area contributed by atoms with Crippen LogP contribution in [0.2, 0.25) is 0 Å². The second-order valence-corrected chi connectivity index (χ2v) is 2.70. The van der Waals surface area contributed by atoms with Crippen LogP contribution in [0.3, 0.4) is 0 Å². The van der Waals surface area contributed by atoms with Crippen molar-refractivity contribution >= 4 is 20.1 Å². The van der Waals surface area contributed by atoms with Gasteiger partial charge in [0, 0.05) is 0 Å². The lowest BCUT2D eigenvalue weighted by atomic mass is 10.5. The molecule has 0 saturated carbocycles. The minimum Gasteiger partial charge on any atom is -0.330 e. The molecule has 0 rings (SSSR count). The van der Waals surface area contributed by atoms with Crippen molar-refractivity contribution in [3.05, 3.63) is 0 Å². The Kier molecular flexibility index (Phi) is 5.89. The van der Waals surface area contributed by atoms with Crippen LogP contribution in [0.5, 0.6) is 0 Å². The average Bonchev–Trinajstić information content (AvgIpc) is 1.61. The predicted octanol–water partition coefficient (Wildman–Crippen LogP) is 0.224. The Bertz CT molecular complexity index is 22.8. The standard InChI is InChI=1S/C3H10ClNSi/c1-2-3-5-6-4/h5H,2-3,6H2,1H3. The summed E-state index contributed by atoms with van der Waals surface area (Å²) in [5, 5.41) is 0. The van der Waals surface area contributed by atoms with Gasteiger partial charge in [0.15, 0.2) is 8.99 Å². The molecule has 0 spiro atoms. The van der Waals surface area contributed by atoms with Crippen molar-refractivity contribution < 1.29 is 0 Å². The molecule has 0 aromatic rings. The van der Waals surface area contributed by atoms with Gasteiger partial charge in [-0.1, -0.05) is 6.92 Å². The highest BCUT2D eigenvalue weighted by molar-refractivity contribution is 6.92. The Morgan fingerprint density at radius 2 is 2.50 bits per heavy atom. The van der Waals surface area contributed by atoms with Crippen molar-refractivity contribution in [1.82, 2.24) is 4.98 Å². The summed E-state index contributed by atoms with van der Waals surface area (Å²) in [5.74, 6) is 0. The van der Waals surface area contributed by atoms with E-state index >= 15 is 0 Å². The SMILES string of the molecule is CCCN[SiH2]Cl. The number of rotatable bonds is 3. The molecule has 38 valence electrons. The summed E-state index contributed by atoms with van der Waals surface area (Å²) < 4.78 is 0. The number of hydrogen-bond acceptors (Lipinski definition) is 1. The van der Waals surface area contributed by atoms with E-state index in [1.54, 1.807) is 0 Å². The molecule has 0 fully saturated rings. The summed E-state index contributed by atoms with van der Waals surface area (Å²) in [6.45, 7) is 3.23. The van der Waals surface area contributed by atoms with Gasteiger partial charge in [0.05, 0.1) is 0 Å². The van der Waals surface area contributed by atoms with Gasteiger partial charge >= 0.3 is 0 Å². The van der Waals surface area contributed by atoms with Crippen molar-refractivity contribution in [2.45, 2.75) is 13.3 Å². The number of halogens is 1. The topological polar surface area (TPSA) is 12.0 Å². The second-order valence-electron chi connectivity index (χ2n) is 1.13. The Morgan fingerprint density at radius 3 is 2.67 bits per heavy atom. The molecule has 0 atom stereocenters. The molecule has 0 aliphatic rings. The minimum absolute atomic E-state index is 0.375. The first-order valence-corrected chi connectivity index (χ1v) is 5.03. The van der Waals surface area contributed by atoms with Gasteiger partial charge in [0.2, 0.25) is 0 Å². The maximum absolute atomic E-state index is 5.41. The quantitative estimate of drug-likeness (QED) is 0.322. The van der Waals surface area contributed by atoms with E-state index in [4.69, 9.17) is 11.1 Å². The van der Waals surface area contributed by atoms with E-state index in [1.165, 1.54) is 6.42 Å². The van der Waals surface area contributed by atoms with E-state index in [1.807, 2.05) is 0 Å². The van der Waals surface area contributed by atoms with Gasteiger partial charge in [-0.15, -0.1) is 0 Å². The Labute approximate surface area is 45.7 Å². The first kappa shape index (κ1) is 6.47. The van der Waals surface area contributed by atoms with Crippen LogP contribution in [-0.2, 0) is 0 Å². The summed E-state index contributed by atoms with van der Waals surface area (Å²) in [4.78, 5) is 3.10. The van der Waals surface area contributed by atoms with E-state index in [-0.39, 0.29) is 8.99 Å². The van der Waals surface area contributed by atoms with Crippen LogP contribution in [0.1, 0.15) is 13.3 Å². The Hall–Kier alpha value is 0.467. The van der Waals surface area contributed by atoms with E-state index in [0.717, 1.165) is 6.54 Å². The summed E-state index contributed by atoms with van der Waals surface area (Å²) in [7, 11) is -0.375. The largest absolute Gasteiger partial charge is 0.330 e. The molecule has 0 saturated heterocycles. The zero-order chi connectivity index (χ0) is 4.83. The molecular weight excluding hydrogens is 114 g/mol. The molecule has 0 bridgehead atoms. The Balaban J connectivity index is 2.34. The number of hydrogen-bond donors (Lipinski definition) is 1. The van der Waals surface area contributed by atoms with Crippen molar-refractivity contribution in [3.8, 4) is 0 Å². The molecule has 3 heteroatoms. The minimum atomic E-state index is -0.375. The van der Waals surface area contributed by atoms with Gasteiger partial charge in [-0.3, -0.25) is 0 Å². The molecule has 1 N–H and O–H groups in total. The fraction of sp³-hybridized carbons (Fsp3) is 1.00. The van der Waals surface area contributed by atoms with Gasteiger partial charge in [-0.05, 0) is 13.0 Å². The second kappa shape index (κ2) is 5.47. The predicted molar refractivity (Wildman–Crippen MR) is 32.7 cm³/mol. The monoisotopic (exact) mass is 123 g/mol. The average molecular weight is 124 g/mol. The summed E-state index contributed by atoms with van der Waals surface area (Å²) in [5.41, 5.74) is 0. The van der Waals surface area contributed by atoms with E-state index in [2.05, 4.69) is 11.9 Å². The first-order chi connectivity index (χ1) is 2.91. The highest BCUT2D eigenvalue weighted by atomic mass is 35.6. The fourth-order valence-corrected chi connectivity index (χ4v) is 1.13. The van der Waals surface area contributed by atoms with Gasteiger partial charge in [0.25, 0.3) is 0 Å². The van der Waals surface area contributed by atoms with Crippen LogP contribution in [0, 0.1) is 0 Å². The zero-order valence-electron chi connectivity index (χ0n) is 4.00. The smallest absolute Gasteiger partial charge is 0.195 e. The molecule has 1 nitrogen and oxygen atoms in total. The van der Waals surface area contributed by atoms with Crippen molar-refractivity contribution in [1.29, 1.82) is 0 Å². The molecule has 0 unspecified atom stereocenters. The van der Waals surface area contributed by atoms with Crippen LogP contribution < -0.4 is 4.98 Å². The molecule has 0 aliphatic heterocycles. The highest BCUT2D eigenvalue weighted by Gasteiger charge is 1.74. The molecule has 0 radical (unpaired) electrons. The van der Waals surface area contributed by atoms with E-state index in [9.17, 15) is 0 Å². The van der Waals surface area contributed by atoms with Crippen molar-refractivity contribution in [2.24, 2.45) is 0 Å². The molecular formula is C3H10ClNSi. The van der Waals surface area contributed by atoms with Gasteiger partial charge in [-0.25, -0.2) is 0 Å². The molecule has 0 aromatic heterocycles. The maximum atomic E-state index is 5.41.